The number of halogens is 1. The minimum absolute atomic E-state index is 0.00225. The average molecular weight is 264 g/mol. The molecule has 4 nitrogen and oxygen atoms in total. The summed E-state index contributed by atoms with van der Waals surface area (Å²) in [6.45, 7) is 5.42. The topological polar surface area (TPSA) is 72.2 Å². The Hall–Kier alpha value is -2.17. The van der Waals surface area contributed by atoms with Crippen molar-refractivity contribution >= 4 is 11.8 Å². The van der Waals surface area contributed by atoms with Crippen LogP contribution in [0.4, 0.5) is 4.39 Å². The second kappa shape index (κ2) is 6.68. The summed E-state index contributed by atoms with van der Waals surface area (Å²) in [5, 5.41) is 2.52. The van der Waals surface area contributed by atoms with E-state index in [1.165, 1.54) is 18.2 Å². The van der Waals surface area contributed by atoms with Crippen LogP contribution in [0.5, 0.6) is 0 Å². The Morgan fingerprint density at radius 3 is 2.68 bits per heavy atom. The van der Waals surface area contributed by atoms with E-state index in [9.17, 15) is 14.0 Å². The van der Waals surface area contributed by atoms with Crippen molar-refractivity contribution in [2.45, 2.75) is 25.8 Å². The van der Waals surface area contributed by atoms with Crippen LogP contribution in [0.1, 0.15) is 18.9 Å². The highest BCUT2D eigenvalue weighted by Crippen LogP contribution is 2.06. The number of benzene rings is 1. The molecule has 0 saturated carbocycles. The first-order valence-electron chi connectivity index (χ1n) is 5.86. The predicted octanol–water partition coefficient (Wildman–Crippen LogP) is 1.30. The molecule has 19 heavy (non-hydrogen) atoms. The zero-order chi connectivity index (χ0) is 14.4. The van der Waals surface area contributed by atoms with Crippen LogP contribution in [0.2, 0.25) is 0 Å². The quantitative estimate of drug-likeness (QED) is 0.760. The van der Waals surface area contributed by atoms with Crippen LogP contribution < -0.4 is 11.1 Å². The monoisotopic (exact) mass is 264 g/mol. The van der Waals surface area contributed by atoms with Gasteiger partial charge in [-0.3, -0.25) is 9.59 Å². The summed E-state index contributed by atoms with van der Waals surface area (Å²) in [4.78, 5) is 22.9. The van der Waals surface area contributed by atoms with Gasteiger partial charge in [0.05, 0.1) is 6.42 Å². The molecule has 0 fully saturated rings. The van der Waals surface area contributed by atoms with Crippen molar-refractivity contribution in [3.63, 3.8) is 0 Å². The summed E-state index contributed by atoms with van der Waals surface area (Å²) in [6, 6.07) is 4.96. The molecule has 1 aromatic carbocycles. The Morgan fingerprint density at radius 1 is 1.47 bits per heavy atom. The van der Waals surface area contributed by atoms with Crippen molar-refractivity contribution in [2.24, 2.45) is 5.73 Å². The van der Waals surface area contributed by atoms with Gasteiger partial charge in [0.25, 0.3) is 0 Å². The van der Waals surface area contributed by atoms with E-state index in [1.807, 2.05) is 0 Å². The summed E-state index contributed by atoms with van der Waals surface area (Å²) in [5.74, 6) is -1.40. The van der Waals surface area contributed by atoms with E-state index in [0.717, 1.165) is 5.57 Å². The van der Waals surface area contributed by atoms with Crippen LogP contribution in [-0.4, -0.2) is 17.9 Å². The first kappa shape index (κ1) is 14.9. The van der Waals surface area contributed by atoms with E-state index in [2.05, 4.69) is 11.9 Å². The Kier molecular flexibility index (Phi) is 5.23. The number of rotatable bonds is 6. The van der Waals surface area contributed by atoms with Gasteiger partial charge in [-0.15, -0.1) is 6.58 Å². The molecule has 0 heterocycles. The maximum atomic E-state index is 13.0. The van der Waals surface area contributed by atoms with Crippen molar-refractivity contribution in [3.8, 4) is 0 Å². The largest absolute Gasteiger partial charge is 0.368 e. The maximum absolute atomic E-state index is 13.0. The molecule has 5 heteroatoms. The van der Waals surface area contributed by atoms with Crippen molar-refractivity contribution < 1.29 is 14.0 Å². The van der Waals surface area contributed by atoms with Gasteiger partial charge in [0.15, 0.2) is 0 Å². The lowest BCUT2D eigenvalue weighted by atomic mass is 10.1. The first-order chi connectivity index (χ1) is 8.88. The van der Waals surface area contributed by atoms with E-state index in [4.69, 9.17) is 5.73 Å². The molecule has 0 saturated heterocycles. The fraction of sp³-hybridized carbons (Fsp3) is 0.286. The molecule has 0 aliphatic heterocycles. The lowest BCUT2D eigenvalue weighted by Crippen LogP contribution is -2.45. The first-order valence-corrected chi connectivity index (χ1v) is 5.86. The van der Waals surface area contributed by atoms with E-state index in [0.29, 0.717) is 12.0 Å². The highest BCUT2D eigenvalue weighted by Gasteiger charge is 2.18. The van der Waals surface area contributed by atoms with Crippen LogP contribution >= 0.6 is 0 Å². The minimum Gasteiger partial charge on any atom is -0.368 e. The van der Waals surface area contributed by atoms with Crippen molar-refractivity contribution in [1.82, 2.24) is 5.32 Å². The van der Waals surface area contributed by atoms with Crippen molar-refractivity contribution in [3.05, 3.63) is 47.8 Å². The molecule has 1 atom stereocenters. The molecule has 1 rings (SSSR count). The number of amides is 2. The van der Waals surface area contributed by atoms with Crippen molar-refractivity contribution in [2.75, 3.05) is 0 Å². The van der Waals surface area contributed by atoms with E-state index >= 15 is 0 Å². The van der Waals surface area contributed by atoms with Crippen LogP contribution in [0, 0.1) is 5.82 Å². The fourth-order valence-corrected chi connectivity index (χ4v) is 1.65. The average Bonchev–Trinajstić information content (AvgIpc) is 2.27. The second-order valence-electron chi connectivity index (χ2n) is 4.49. The van der Waals surface area contributed by atoms with Gasteiger partial charge < -0.3 is 11.1 Å². The Labute approximate surface area is 111 Å². The molecule has 0 aliphatic rings. The summed E-state index contributed by atoms with van der Waals surface area (Å²) < 4.78 is 13.0. The van der Waals surface area contributed by atoms with E-state index < -0.39 is 17.8 Å². The van der Waals surface area contributed by atoms with Gasteiger partial charge in [-0.1, -0.05) is 17.7 Å². The molecule has 3 N–H and O–H groups in total. The van der Waals surface area contributed by atoms with Gasteiger partial charge in [-0.25, -0.2) is 4.39 Å². The number of primary amides is 1. The normalized spacial score (nSPS) is 11.7. The maximum Gasteiger partial charge on any atom is 0.240 e. The molecule has 0 bridgehead atoms. The Balaban J connectivity index is 2.62. The van der Waals surface area contributed by atoms with Crippen LogP contribution in [0.25, 0.3) is 0 Å². The minimum atomic E-state index is -0.779. The van der Waals surface area contributed by atoms with Gasteiger partial charge in [0, 0.05) is 0 Å². The number of hydrogen-bond acceptors (Lipinski definition) is 2. The summed E-state index contributed by atoms with van der Waals surface area (Å²) in [5.41, 5.74) is 6.48. The van der Waals surface area contributed by atoms with Crippen LogP contribution in [0.15, 0.2) is 36.4 Å². The highest BCUT2D eigenvalue weighted by atomic mass is 19.1. The van der Waals surface area contributed by atoms with Gasteiger partial charge in [-0.2, -0.15) is 0 Å². The SMILES string of the molecule is C=C(C)C[C@@H](NC(=O)Cc1cccc(F)c1)C(N)=O. The highest BCUT2D eigenvalue weighted by molar-refractivity contribution is 5.87. The molecule has 0 aliphatic carbocycles. The van der Waals surface area contributed by atoms with Crippen LogP contribution in [0.3, 0.4) is 0 Å². The lowest BCUT2D eigenvalue weighted by Gasteiger charge is -2.15. The Morgan fingerprint density at radius 2 is 2.16 bits per heavy atom. The van der Waals surface area contributed by atoms with Gasteiger partial charge >= 0.3 is 0 Å². The van der Waals surface area contributed by atoms with E-state index in [1.54, 1.807) is 13.0 Å². The smallest absolute Gasteiger partial charge is 0.240 e. The van der Waals surface area contributed by atoms with Gasteiger partial charge in [-0.05, 0) is 31.0 Å². The number of nitrogens with two attached hydrogens (primary N) is 1. The third-order valence-electron chi connectivity index (χ3n) is 2.48. The molecular weight excluding hydrogens is 247 g/mol. The molecule has 0 aromatic heterocycles. The summed E-state index contributed by atoms with van der Waals surface area (Å²) >= 11 is 0. The zero-order valence-electron chi connectivity index (χ0n) is 10.8. The standard InChI is InChI=1S/C14H17FN2O2/c1-9(2)6-12(14(16)19)17-13(18)8-10-4-3-5-11(15)7-10/h3-5,7,12H,1,6,8H2,2H3,(H2,16,19)(H,17,18)/t12-/m1/s1. The van der Waals surface area contributed by atoms with Crippen molar-refractivity contribution in [1.29, 1.82) is 0 Å². The Bertz CT molecular complexity index is 500. The molecular formula is C14H17FN2O2. The zero-order valence-corrected chi connectivity index (χ0v) is 10.8. The van der Waals surface area contributed by atoms with Gasteiger partial charge in [0.2, 0.25) is 11.8 Å². The molecule has 1 aromatic rings. The number of carbonyl (C=O) groups excluding carboxylic acids is 2. The predicted molar refractivity (Wildman–Crippen MR) is 70.7 cm³/mol. The summed E-state index contributed by atoms with van der Waals surface area (Å²) in [7, 11) is 0. The molecule has 0 spiro atoms. The second-order valence-corrected chi connectivity index (χ2v) is 4.49. The number of nitrogens with one attached hydrogen (secondary N) is 1. The fourth-order valence-electron chi connectivity index (χ4n) is 1.65. The van der Waals surface area contributed by atoms with E-state index in [-0.39, 0.29) is 12.3 Å². The molecule has 102 valence electrons. The molecule has 2 amide bonds. The lowest BCUT2D eigenvalue weighted by molar-refractivity contribution is -0.126. The molecule has 0 unspecified atom stereocenters. The third kappa shape index (κ3) is 5.33. The molecule has 0 radical (unpaired) electrons. The number of carbonyl (C=O) groups is 2. The van der Waals surface area contributed by atoms with Gasteiger partial charge in [0.1, 0.15) is 11.9 Å². The third-order valence-corrected chi connectivity index (χ3v) is 2.48. The van der Waals surface area contributed by atoms with Crippen LogP contribution in [-0.2, 0) is 16.0 Å². The summed E-state index contributed by atoms with van der Waals surface area (Å²) in [6.07, 6.45) is 0.294. The number of hydrogen-bond donors (Lipinski definition) is 2.